The Kier molecular flexibility index (Phi) is 4.15. The highest BCUT2D eigenvalue weighted by Gasteiger charge is 2.15. The number of halogens is 1. The Morgan fingerprint density at radius 1 is 1.18 bits per heavy atom. The van der Waals surface area contributed by atoms with Crippen molar-refractivity contribution in [2.45, 2.75) is 6.61 Å². The van der Waals surface area contributed by atoms with Gasteiger partial charge < -0.3 is 14.2 Å². The summed E-state index contributed by atoms with van der Waals surface area (Å²) in [6, 6.07) is 9.76. The molecule has 1 heterocycles. The second kappa shape index (κ2) is 6.23. The number of nitro groups is 1. The van der Waals surface area contributed by atoms with Crippen molar-refractivity contribution < 1.29 is 19.1 Å². The number of benzene rings is 2. The largest absolute Gasteiger partial charge is 0.489 e. The van der Waals surface area contributed by atoms with Crippen molar-refractivity contribution in [3.63, 3.8) is 0 Å². The fourth-order valence-electron chi connectivity index (χ4n) is 2.06. The molecule has 2 aromatic rings. The molecule has 0 atom stereocenters. The molecule has 0 radical (unpaired) electrons. The molecule has 0 fully saturated rings. The molecule has 22 heavy (non-hydrogen) atoms. The van der Waals surface area contributed by atoms with Crippen LogP contribution in [-0.4, -0.2) is 18.1 Å². The average molecular weight is 366 g/mol. The first-order valence-corrected chi connectivity index (χ1v) is 7.38. The van der Waals surface area contributed by atoms with Gasteiger partial charge in [-0.05, 0) is 18.2 Å². The normalized spacial score (nSPS) is 12.8. The van der Waals surface area contributed by atoms with Gasteiger partial charge >= 0.3 is 0 Å². The lowest BCUT2D eigenvalue weighted by Crippen LogP contribution is -2.15. The van der Waals surface area contributed by atoms with Gasteiger partial charge in [0.25, 0.3) is 5.69 Å². The van der Waals surface area contributed by atoms with Gasteiger partial charge in [0.1, 0.15) is 25.6 Å². The summed E-state index contributed by atoms with van der Waals surface area (Å²) in [6.45, 7) is 1.31. The van der Waals surface area contributed by atoms with Gasteiger partial charge in [0.15, 0.2) is 11.5 Å². The van der Waals surface area contributed by atoms with Crippen LogP contribution in [0.4, 0.5) is 5.69 Å². The molecule has 7 heteroatoms. The number of non-ortho nitro benzene ring substituents is 1. The summed E-state index contributed by atoms with van der Waals surface area (Å²) < 4.78 is 17.5. The minimum Gasteiger partial charge on any atom is -0.489 e. The molecule has 0 N–H and O–H groups in total. The number of nitrogens with zero attached hydrogens (tertiary/aromatic N) is 1. The Hall–Kier alpha value is -2.28. The molecule has 0 spiro atoms. The van der Waals surface area contributed by atoms with Crippen LogP contribution in [0.25, 0.3) is 0 Å². The number of fused-ring (bicyclic) bond motifs is 1. The lowest BCUT2D eigenvalue weighted by atomic mass is 10.2. The minimum atomic E-state index is -0.452. The molecule has 3 rings (SSSR count). The Morgan fingerprint density at radius 2 is 1.91 bits per heavy atom. The fraction of sp³-hybridized carbons (Fsp3) is 0.200. The van der Waals surface area contributed by atoms with Crippen LogP contribution in [0.5, 0.6) is 17.2 Å². The lowest BCUT2D eigenvalue weighted by Gasteiger charge is -2.20. The van der Waals surface area contributed by atoms with Crippen LogP contribution in [0, 0.1) is 10.1 Å². The molecule has 2 aromatic carbocycles. The Balaban J connectivity index is 1.76. The van der Waals surface area contributed by atoms with Gasteiger partial charge in [0.2, 0.25) is 0 Å². The maximum Gasteiger partial charge on any atom is 0.273 e. The van der Waals surface area contributed by atoms with Crippen LogP contribution in [0.1, 0.15) is 5.56 Å². The van der Waals surface area contributed by atoms with Crippen LogP contribution in [-0.2, 0) is 6.61 Å². The number of hydrogen-bond donors (Lipinski definition) is 0. The van der Waals surface area contributed by atoms with Crippen LogP contribution in [0.15, 0.2) is 40.9 Å². The zero-order valence-corrected chi connectivity index (χ0v) is 13.0. The molecule has 0 aromatic heterocycles. The summed E-state index contributed by atoms with van der Waals surface area (Å²) in [6.07, 6.45) is 0. The van der Waals surface area contributed by atoms with E-state index >= 15 is 0 Å². The van der Waals surface area contributed by atoms with Crippen LogP contribution >= 0.6 is 15.9 Å². The van der Waals surface area contributed by atoms with Crippen LogP contribution < -0.4 is 14.2 Å². The van der Waals surface area contributed by atoms with E-state index in [-0.39, 0.29) is 12.3 Å². The van der Waals surface area contributed by atoms with Crippen molar-refractivity contribution in [1.82, 2.24) is 0 Å². The topological polar surface area (TPSA) is 70.8 Å². The average Bonchev–Trinajstić information content (AvgIpc) is 2.53. The summed E-state index contributed by atoms with van der Waals surface area (Å²) in [7, 11) is 0. The molecule has 0 aliphatic carbocycles. The van der Waals surface area contributed by atoms with Gasteiger partial charge in [-0.3, -0.25) is 10.1 Å². The SMILES string of the molecule is O=[N+]([O-])c1cccc(OCc2cc3c(cc2Br)OCCO3)c1. The van der Waals surface area contributed by atoms with E-state index in [0.29, 0.717) is 30.5 Å². The Morgan fingerprint density at radius 3 is 2.64 bits per heavy atom. The third-order valence-electron chi connectivity index (χ3n) is 3.13. The summed E-state index contributed by atoms with van der Waals surface area (Å²) in [5.74, 6) is 1.81. The number of hydrogen-bond acceptors (Lipinski definition) is 5. The first-order valence-electron chi connectivity index (χ1n) is 6.59. The summed E-state index contributed by atoms with van der Waals surface area (Å²) >= 11 is 3.46. The van der Waals surface area contributed by atoms with Crippen molar-refractivity contribution >= 4 is 21.6 Å². The zero-order chi connectivity index (χ0) is 15.5. The van der Waals surface area contributed by atoms with E-state index in [1.807, 2.05) is 12.1 Å². The second-order valence-electron chi connectivity index (χ2n) is 4.63. The van der Waals surface area contributed by atoms with Gasteiger partial charge in [-0.2, -0.15) is 0 Å². The van der Waals surface area contributed by atoms with Gasteiger partial charge in [0.05, 0.1) is 11.0 Å². The molecule has 6 nitrogen and oxygen atoms in total. The molecule has 1 aliphatic heterocycles. The van der Waals surface area contributed by atoms with Gasteiger partial charge in [-0.25, -0.2) is 0 Å². The molecule has 1 aliphatic rings. The highest BCUT2D eigenvalue weighted by Crippen LogP contribution is 2.36. The van der Waals surface area contributed by atoms with Crippen molar-refractivity contribution in [3.8, 4) is 17.2 Å². The third-order valence-corrected chi connectivity index (χ3v) is 3.87. The molecule has 114 valence electrons. The van der Waals surface area contributed by atoms with E-state index in [9.17, 15) is 10.1 Å². The smallest absolute Gasteiger partial charge is 0.273 e. The highest BCUT2D eigenvalue weighted by molar-refractivity contribution is 9.10. The zero-order valence-electron chi connectivity index (χ0n) is 11.5. The van der Waals surface area contributed by atoms with Crippen molar-refractivity contribution in [2.24, 2.45) is 0 Å². The maximum atomic E-state index is 10.8. The van der Waals surface area contributed by atoms with E-state index in [1.165, 1.54) is 12.1 Å². The maximum absolute atomic E-state index is 10.8. The monoisotopic (exact) mass is 365 g/mol. The number of nitro benzene ring substituents is 1. The number of rotatable bonds is 4. The fourth-order valence-corrected chi connectivity index (χ4v) is 2.50. The first-order chi connectivity index (χ1) is 10.6. The molecular formula is C15H12BrNO5. The van der Waals surface area contributed by atoms with E-state index in [0.717, 1.165) is 10.0 Å². The first kappa shape index (κ1) is 14.6. The second-order valence-corrected chi connectivity index (χ2v) is 5.48. The lowest BCUT2D eigenvalue weighted by molar-refractivity contribution is -0.384. The molecule has 0 unspecified atom stereocenters. The number of ether oxygens (including phenoxy) is 3. The molecule has 0 bridgehead atoms. The molecule has 0 amide bonds. The van der Waals surface area contributed by atoms with Crippen LogP contribution in [0.2, 0.25) is 0 Å². The molecule has 0 saturated heterocycles. The van der Waals surface area contributed by atoms with Gasteiger partial charge in [-0.15, -0.1) is 0 Å². The Labute approximate surface area is 134 Å². The quantitative estimate of drug-likeness (QED) is 0.610. The minimum absolute atomic E-state index is 0.00117. The molecular weight excluding hydrogens is 354 g/mol. The predicted octanol–water partition coefficient (Wildman–Crippen LogP) is 3.71. The highest BCUT2D eigenvalue weighted by atomic mass is 79.9. The predicted molar refractivity (Wildman–Crippen MR) is 82.6 cm³/mol. The van der Waals surface area contributed by atoms with E-state index in [2.05, 4.69) is 15.9 Å². The van der Waals surface area contributed by atoms with E-state index < -0.39 is 4.92 Å². The van der Waals surface area contributed by atoms with Crippen LogP contribution in [0.3, 0.4) is 0 Å². The van der Waals surface area contributed by atoms with Crippen molar-refractivity contribution in [3.05, 3.63) is 56.5 Å². The van der Waals surface area contributed by atoms with E-state index in [1.54, 1.807) is 12.1 Å². The standard InChI is InChI=1S/C15H12BrNO5/c16-13-8-15-14(20-4-5-21-15)6-10(13)9-22-12-3-1-2-11(7-12)17(18)19/h1-3,6-8H,4-5,9H2. The van der Waals surface area contributed by atoms with Gasteiger partial charge in [0, 0.05) is 16.1 Å². The summed E-state index contributed by atoms with van der Waals surface area (Å²) in [5.41, 5.74) is 0.870. The summed E-state index contributed by atoms with van der Waals surface area (Å²) in [5, 5.41) is 10.8. The van der Waals surface area contributed by atoms with Gasteiger partial charge in [-0.1, -0.05) is 22.0 Å². The Bertz CT molecular complexity index is 719. The summed E-state index contributed by atoms with van der Waals surface area (Å²) in [4.78, 5) is 10.3. The van der Waals surface area contributed by atoms with E-state index in [4.69, 9.17) is 14.2 Å². The molecule has 0 saturated carbocycles. The third kappa shape index (κ3) is 3.14. The van der Waals surface area contributed by atoms with Crippen molar-refractivity contribution in [1.29, 1.82) is 0 Å². The van der Waals surface area contributed by atoms with Crippen molar-refractivity contribution in [2.75, 3.05) is 13.2 Å².